The Labute approximate surface area is 167 Å². The predicted octanol–water partition coefficient (Wildman–Crippen LogP) is 4.17. The van der Waals surface area contributed by atoms with Crippen LogP contribution in [0.5, 0.6) is 11.5 Å². The van der Waals surface area contributed by atoms with Crippen molar-refractivity contribution in [1.82, 2.24) is 4.90 Å². The molecular formula is C20H21ClFNO5. The van der Waals surface area contributed by atoms with Crippen LogP contribution in [-0.2, 0) is 4.79 Å². The monoisotopic (exact) mass is 409 g/mol. The molecule has 0 saturated carbocycles. The van der Waals surface area contributed by atoms with Gasteiger partial charge in [-0.1, -0.05) is 23.7 Å². The molecule has 2 aromatic rings. The van der Waals surface area contributed by atoms with E-state index in [0.717, 1.165) is 17.0 Å². The quantitative estimate of drug-likeness (QED) is 0.742. The number of methoxy groups -OCH3 is 1. The van der Waals surface area contributed by atoms with Crippen LogP contribution < -0.4 is 9.47 Å². The summed E-state index contributed by atoms with van der Waals surface area (Å²) in [5.74, 6) is -1.79. The first-order chi connectivity index (χ1) is 13.1. The SMILES string of the molecule is COc1cc(C(=O)N(C)C(C(=O)O)c2ccc(F)cc2)cc(Cl)c1OC(C)C. The van der Waals surface area contributed by atoms with E-state index in [2.05, 4.69) is 0 Å². The molecule has 2 rings (SSSR count). The topological polar surface area (TPSA) is 76.1 Å². The second kappa shape index (κ2) is 8.93. The maximum atomic E-state index is 13.2. The molecule has 0 aromatic heterocycles. The van der Waals surface area contributed by atoms with Gasteiger partial charge in [0.1, 0.15) is 5.82 Å². The number of carbonyl (C=O) groups excluding carboxylic acids is 1. The Morgan fingerprint density at radius 1 is 1.18 bits per heavy atom. The zero-order valence-corrected chi connectivity index (χ0v) is 16.7. The van der Waals surface area contributed by atoms with Crippen LogP contribution in [0.15, 0.2) is 36.4 Å². The Bertz CT molecular complexity index is 870. The van der Waals surface area contributed by atoms with Crippen molar-refractivity contribution in [3.63, 3.8) is 0 Å². The molecule has 0 fully saturated rings. The van der Waals surface area contributed by atoms with Gasteiger partial charge in [0.25, 0.3) is 5.91 Å². The van der Waals surface area contributed by atoms with Gasteiger partial charge in [0.15, 0.2) is 17.5 Å². The van der Waals surface area contributed by atoms with Crippen LogP contribution >= 0.6 is 11.6 Å². The van der Waals surface area contributed by atoms with Crippen LogP contribution in [0.1, 0.15) is 35.8 Å². The van der Waals surface area contributed by atoms with E-state index >= 15 is 0 Å². The molecule has 2 aromatic carbocycles. The van der Waals surface area contributed by atoms with Crippen molar-refractivity contribution in [1.29, 1.82) is 0 Å². The summed E-state index contributed by atoms with van der Waals surface area (Å²) >= 11 is 6.25. The third-order valence-corrected chi connectivity index (χ3v) is 4.24. The number of hydrogen-bond acceptors (Lipinski definition) is 4. The highest BCUT2D eigenvalue weighted by Gasteiger charge is 2.30. The van der Waals surface area contributed by atoms with Gasteiger partial charge in [0, 0.05) is 12.6 Å². The average Bonchev–Trinajstić information content (AvgIpc) is 2.63. The lowest BCUT2D eigenvalue weighted by Crippen LogP contribution is -2.36. The van der Waals surface area contributed by atoms with Crippen LogP contribution in [-0.4, -0.2) is 42.1 Å². The van der Waals surface area contributed by atoms with Gasteiger partial charge in [-0.05, 0) is 43.7 Å². The fraction of sp³-hybridized carbons (Fsp3) is 0.300. The molecular weight excluding hydrogens is 389 g/mol. The van der Waals surface area contributed by atoms with Gasteiger partial charge in [-0.15, -0.1) is 0 Å². The maximum Gasteiger partial charge on any atom is 0.331 e. The Hall–Kier alpha value is -2.80. The molecule has 0 radical (unpaired) electrons. The number of ether oxygens (including phenoxy) is 2. The summed E-state index contributed by atoms with van der Waals surface area (Å²) in [6, 6.07) is 6.46. The van der Waals surface area contributed by atoms with Crippen molar-refractivity contribution in [2.24, 2.45) is 0 Å². The number of aliphatic carboxylic acids is 1. The third-order valence-electron chi connectivity index (χ3n) is 3.96. The molecule has 0 aliphatic carbocycles. The molecule has 150 valence electrons. The lowest BCUT2D eigenvalue weighted by atomic mass is 10.0. The maximum absolute atomic E-state index is 13.2. The van der Waals surface area contributed by atoms with Crippen LogP contribution in [0.2, 0.25) is 5.02 Å². The van der Waals surface area contributed by atoms with Crippen molar-refractivity contribution in [3.05, 3.63) is 58.4 Å². The number of rotatable bonds is 7. The summed E-state index contributed by atoms with van der Waals surface area (Å²) in [6.07, 6.45) is -0.162. The van der Waals surface area contributed by atoms with Crippen LogP contribution in [0.4, 0.5) is 4.39 Å². The number of nitrogens with zero attached hydrogens (tertiary/aromatic N) is 1. The lowest BCUT2D eigenvalue weighted by molar-refractivity contribution is -0.142. The molecule has 0 aliphatic heterocycles. The van der Waals surface area contributed by atoms with E-state index in [1.165, 1.54) is 38.4 Å². The molecule has 0 spiro atoms. The summed E-state index contributed by atoms with van der Waals surface area (Å²) in [7, 11) is 2.76. The van der Waals surface area contributed by atoms with E-state index in [0.29, 0.717) is 5.75 Å². The molecule has 1 unspecified atom stereocenters. The Balaban J connectivity index is 2.41. The van der Waals surface area contributed by atoms with Crippen molar-refractivity contribution in [3.8, 4) is 11.5 Å². The van der Waals surface area contributed by atoms with E-state index in [1.54, 1.807) is 0 Å². The lowest BCUT2D eigenvalue weighted by Gasteiger charge is -2.26. The van der Waals surface area contributed by atoms with Crippen molar-refractivity contribution >= 4 is 23.5 Å². The van der Waals surface area contributed by atoms with Gasteiger partial charge in [-0.25, -0.2) is 9.18 Å². The largest absolute Gasteiger partial charge is 0.493 e. The van der Waals surface area contributed by atoms with Gasteiger partial charge in [0.05, 0.1) is 18.2 Å². The van der Waals surface area contributed by atoms with Crippen molar-refractivity contribution < 1.29 is 28.6 Å². The summed E-state index contributed by atoms with van der Waals surface area (Å²) in [6.45, 7) is 3.64. The van der Waals surface area contributed by atoms with Crippen LogP contribution in [0.25, 0.3) is 0 Å². The molecule has 0 heterocycles. The molecule has 0 aliphatic rings. The second-order valence-corrected chi connectivity index (χ2v) is 6.77. The highest BCUT2D eigenvalue weighted by molar-refractivity contribution is 6.32. The van der Waals surface area contributed by atoms with Gasteiger partial charge < -0.3 is 19.5 Å². The third kappa shape index (κ3) is 4.72. The first-order valence-electron chi connectivity index (χ1n) is 8.45. The molecule has 1 amide bonds. The van der Waals surface area contributed by atoms with E-state index in [-0.39, 0.29) is 28.0 Å². The minimum absolute atomic E-state index is 0.133. The summed E-state index contributed by atoms with van der Waals surface area (Å²) in [5.41, 5.74) is 0.399. The standard InChI is InChI=1S/C20H21ClFNO5/c1-11(2)28-18-15(21)9-13(10-16(18)27-4)19(24)23(3)17(20(25)26)12-5-7-14(22)8-6-12/h5-11,17H,1-4H3,(H,25,26). The number of likely N-dealkylation sites (N-methyl/N-ethyl adjacent to an activating group) is 1. The number of halogens is 2. The van der Waals surface area contributed by atoms with Crippen molar-refractivity contribution in [2.45, 2.75) is 26.0 Å². The number of carboxylic acid groups (broad SMARTS) is 1. The van der Waals surface area contributed by atoms with E-state index < -0.39 is 23.7 Å². The summed E-state index contributed by atoms with van der Waals surface area (Å²) in [5, 5.41) is 9.77. The van der Waals surface area contributed by atoms with E-state index in [4.69, 9.17) is 21.1 Å². The number of hydrogen-bond donors (Lipinski definition) is 1. The minimum Gasteiger partial charge on any atom is -0.493 e. The van der Waals surface area contributed by atoms with Gasteiger partial charge in [0.2, 0.25) is 0 Å². The normalized spacial score (nSPS) is 11.8. The van der Waals surface area contributed by atoms with Gasteiger partial charge >= 0.3 is 5.97 Å². The fourth-order valence-corrected chi connectivity index (χ4v) is 2.95. The Morgan fingerprint density at radius 3 is 2.29 bits per heavy atom. The molecule has 1 atom stereocenters. The van der Waals surface area contributed by atoms with E-state index in [1.807, 2.05) is 13.8 Å². The first-order valence-corrected chi connectivity index (χ1v) is 8.83. The predicted molar refractivity (Wildman–Crippen MR) is 103 cm³/mol. The summed E-state index contributed by atoms with van der Waals surface area (Å²) < 4.78 is 24.0. The molecule has 0 bridgehead atoms. The van der Waals surface area contributed by atoms with Gasteiger partial charge in [-0.3, -0.25) is 4.79 Å². The highest BCUT2D eigenvalue weighted by Crippen LogP contribution is 2.37. The number of amides is 1. The molecule has 28 heavy (non-hydrogen) atoms. The average molecular weight is 410 g/mol. The zero-order valence-electron chi connectivity index (χ0n) is 15.9. The summed E-state index contributed by atoms with van der Waals surface area (Å²) in [4.78, 5) is 25.7. The van der Waals surface area contributed by atoms with Gasteiger partial charge in [-0.2, -0.15) is 0 Å². The van der Waals surface area contributed by atoms with Crippen LogP contribution in [0, 0.1) is 5.82 Å². The molecule has 8 heteroatoms. The number of benzene rings is 2. The smallest absolute Gasteiger partial charge is 0.331 e. The fourth-order valence-electron chi connectivity index (χ4n) is 2.69. The van der Waals surface area contributed by atoms with Crippen molar-refractivity contribution in [2.75, 3.05) is 14.2 Å². The highest BCUT2D eigenvalue weighted by atomic mass is 35.5. The first kappa shape index (κ1) is 21.5. The second-order valence-electron chi connectivity index (χ2n) is 6.36. The Kier molecular flexibility index (Phi) is 6.85. The van der Waals surface area contributed by atoms with E-state index in [9.17, 15) is 19.1 Å². The molecule has 1 N–H and O–H groups in total. The zero-order chi connectivity index (χ0) is 21.0. The van der Waals surface area contributed by atoms with Crippen LogP contribution in [0.3, 0.4) is 0 Å². The number of carboxylic acids is 1. The Morgan fingerprint density at radius 2 is 1.79 bits per heavy atom. The number of carbonyl (C=O) groups is 2. The minimum atomic E-state index is -1.30. The molecule has 0 saturated heterocycles. The molecule has 6 nitrogen and oxygen atoms in total.